The summed E-state index contributed by atoms with van der Waals surface area (Å²) in [4.78, 5) is 18.2. The van der Waals surface area contributed by atoms with Gasteiger partial charge in [-0.1, -0.05) is 62.7 Å². The number of amides is 1. The molecule has 174 valence electrons. The van der Waals surface area contributed by atoms with Crippen LogP contribution in [0.25, 0.3) is 0 Å². The Morgan fingerprint density at radius 2 is 1.59 bits per heavy atom. The van der Waals surface area contributed by atoms with Crippen LogP contribution in [0.5, 0.6) is 5.75 Å². The molecule has 1 fully saturated rings. The number of hydrogen-bond donors (Lipinski definition) is 0. The lowest BCUT2D eigenvalue weighted by Crippen LogP contribution is -2.48. The fraction of sp³-hybridized carbons (Fsp3) is 0.536. The molecule has 1 heterocycles. The van der Waals surface area contributed by atoms with Crippen LogP contribution in [0.15, 0.2) is 48.5 Å². The summed E-state index contributed by atoms with van der Waals surface area (Å²) < 4.78 is 5.26. The van der Waals surface area contributed by atoms with Crippen molar-refractivity contribution in [1.82, 2.24) is 9.80 Å². The Kier molecular flexibility index (Phi) is 8.36. The van der Waals surface area contributed by atoms with Gasteiger partial charge in [-0.3, -0.25) is 4.79 Å². The van der Waals surface area contributed by atoms with Gasteiger partial charge in [-0.2, -0.15) is 0 Å². The first-order valence-electron chi connectivity index (χ1n) is 11.9. The molecule has 2 aromatic carbocycles. The summed E-state index contributed by atoms with van der Waals surface area (Å²) in [6, 6.07) is 16.7. The molecule has 0 spiro atoms. The largest absolute Gasteiger partial charge is 0.497 e. The van der Waals surface area contributed by atoms with Crippen molar-refractivity contribution in [2.45, 2.75) is 66.0 Å². The number of likely N-dealkylation sites (tertiary alicyclic amines) is 1. The highest BCUT2D eigenvalue weighted by molar-refractivity contribution is 5.79. The van der Waals surface area contributed by atoms with Crippen molar-refractivity contribution >= 4 is 5.91 Å². The zero-order valence-corrected chi connectivity index (χ0v) is 20.6. The number of aryl methyl sites for hydroxylation is 1. The second-order valence-electron chi connectivity index (χ2n) is 10.4. The summed E-state index contributed by atoms with van der Waals surface area (Å²) in [5.41, 5.74) is 3.85. The molecule has 1 aliphatic rings. The molecule has 4 nitrogen and oxygen atoms in total. The first kappa shape index (κ1) is 24.3. The van der Waals surface area contributed by atoms with Crippen molar-refractivity contribution in [1.29, 1.82) is 0 Å². The summed E-state index contributed by atoms with van der Waals surface area (Å²) in [7, 11) is 1.66. The van der Waals surface area contributed by atoms with E-state index in [-0.39, 0.29) is 5.91 Å². The van der Waals surface area contributed by atoms with Gasteiger partial charge in [-0.05, 0) is 61.4 Å². The molecule has 32 heavy (non-hydrogen) atoms. The number of hydrogen-bond acceptors (Lipinski definition) is 3. The standard InChI is InChI=1S/C28H40N2O2/c1-22-6-8-24(9-7-22)21-30(27(31)20-23-10-12-26(32-5)13-11-23)25-14-17-29(18-15-25)19-16-28(2,3)4/h6-13,25H,14-21H2,1-5H3. The van der Waals surface area contributed by atoms with Crippen molar-refractivity contribution in [3.05, 3.63) is 65.2 Å². The summed E-state index contributed by atoms with van der Waals surface area (Å²) in [5, 5.41) is 0. The van der Waals surface area contributed by atoms with E-state index in [9.17, 15) is 4.79 Å². The van der Waals surface area contributed by atoms with Crippen LogP contribution in [0.2, 0.25) is 0 Å². The number of ether oxygens (including phenoxy) is 1. The van der Waals surface area contributed by atoms with Gasteiger partial charge in [0, 0.05) is 25.7 Å². The summed E-state index contributed by atoms with van der Waals surface area (Å²) in [6.45, 7) is 13.0. The second-order valence-corrected chi connectivity index (χ2v) is 10.4. The number of methoxy groups -OCH3 is 1. The van der Waals surface area contributed by atoms with Crippen molar-refractivity contribution in [2.24, 2.45) is 5.41 Å². The molecular formula is C28H40N2O2. The van der Waals surface area contributed by atoms with Crippen LogP contribution in [-0.2, 0) is 17.8 Å². The van der Waals surface area contributed by atoms with Crippen molar-refractivity contribution in [3.63, 3.8) is 0 Å². The maximum absolute atomic E-state index is 13.5. The molecule has 0 radical (unpaired) electrons. The van der Waals surface area contributed by atoms with Crippen LogP contribution in [-0.4, -0.2) is 48.5 Å². The molecule has 0 bridgehead atoms. The number of piperidine rings is 1. The summed E-state index contributed by atoms with van der Waals surface area (Å²) in [6.07, 6.45) is 3.73. The first-order valence-corrected chi connectivity index (χ1v) is 11.9. The minimum atomic E-state index is 0.212. The van der Waals surface area contributed by atoms with E-state index in [1.807, 2.05) is 24.3 Å². The second kappa shape index (κ2) is 11.0. The topological polar surface area (TPSA) is 32.8 Å². The van der Waals surface area contributed by atoms with Crippen LogP contribution in [0.1, 0.15) is 56.7 Å². The van der Waals surface area contributed by atoms with Crippen LogP contribution in [0.3, 0.4) is 0 Å². The predicted octanol–water partition coefficient (Wildman–Crippen LogP) is 5.48. The lowest BCUT2D eigenvalue weighted by Gasteiger charge is -2.39. The molecule has 2 aromatic rings. The van der Waals surface area contributed by atoms with E-state index < -0.39 is 0 Å². The summed E-state index contributed by atoms with van der Waals surface area (Å²) >= 11 is 0. The number of carbonyl (C=O) groups is 1. The number of nitrogens with zero attached hydrogens (tertiary/aromatic N) is 2. The molecule has 0 saturated carbocycles. The lowest BCUT2D eigenvalue weighted by molar-refractivity contribution is -0.134. The number of rotatable bonds is 8. The average Bonchev–Trinajstić information content (AvgIpc) is 2.78. The Hall–Kier alpha value is -2.33. The van der Waals surface area contributed by atoms with Crippen molar-refractivity contribution in [3.8, 4) is 5.75 Å². The molecule has 3 rings (SSSR count). The van der Waals surface area contributed by atoms with Gasteiger partial charge in [0.15, 0.2) is 0 Å². The van der Waals surface area contributed by atoms with Crippen LogP contribution in [0, 0.1) is 12.3 Å². The van der Waals surface area contributed by atoms with Crippen LogP contribution in [0.4, 0.5) is 0 Å². The molecule has 1 saturated heterocycles. The van der Waals surface area contributed by atoms with E-state index in [4.69, 9.17) is 4.74 Å². The van der Waals surface area contributed by atoms with Gasteiger partial charge in [0.2, 0.25) is 5.91 Å². The SMILES string of the molecule is COc1ccc(CC(=O)N(Cc2ccc(C)cc2)C2CCN(CCC(C)(C)C)CC2)cc1. The lowest BCUT2D eigenvalue weighted by atomic mass is 9.91. The Balaban J connectivity index is 1.67. The van der Waals surface area contributed by atoms with Gasteiger partial charge in [0.25, 0.3) is 0 Å². The third-order valence-corrected chi connectivity index (χ3v) is 6.48. The van der Waals surface area contributed by atoms with Crippen molar-refractivity contribution < 1.29 is 9.53 Å². The zero-order chi connectivity index (χ0) is 23.1. The fourth-order valence-corrected chi connectivity index (χ4v) is 4.28. The smallest absolute Gasteiger partial charge is 0.227 e. The Bertz CT molecular complexity index is 844. The predicted molar refractivity (Wildman–Crippen MR) is 132 cm³/mol. The van der Waals surface area contributed by atoms with Gasteiger partial charge in [-0.25, -0.2) is 0 Å². The van der Waals surface area contributed by atoms with Gasteiger partial charge in [0.05, 0.1) is 13.5 Å². The van der Waals surface area contributed by atoms with Crippen LogP contribution < -0.4 is 4.74 Å². The van der Waals surface area contributed by atoms with E-state index in [0.29, 0.717) is 24.4 Å². The molecule has 0 N–H and O–H groups in total. The molecule has 0 atom stereocenters. The number of benzene rings is 2. The fourth-order valence-electron chi connectivity index (χ4n) is 4.28. The molecule has 1 aliphatic heterocycles. The molecule has 1 amide bonds. The highest BCUT2D eigenvalue weighted by Gasteiger charge is 2.28. The minimum absolute atomic E-state index is 0.212. The monoisotopic (exact) mass is 436 g/mol. The van der Waals surface area contributed by atoms with Gasteiger partial charge in [0.1, 0.15) is 5.75 Å². The van der Waals surface area contributed by atoms with Gasteiger partial charge in [-0.15, -0.1) is 0 Å². The highest BCUT2D eigenvalue weighted by atomic mass is 16.5. The maximum Gasteiger partial charge on any atom is 0.227 e. The molecule has 0 unspecified atom stereocenters. The highest BCUT2D eigenvalue weighted by Crippen LogP contribution is 2.24. The van der Waals surface area contributed by atoms with Gasteiger partial charge < -0.3 is 14.5 Å². The molecule has 0 aromatic heterocycles. The first-order chi connectivity index (χ1) is 15.2. The average molecular weight is 437 g/mol. The Morgan fingerprint density at radius 3 is 2.16 bits per heavy atom. The molecule has 4 heteroatoms. The Labute approximate surface area is 194 Å². The van der Waals surface area contributed by atoms with E-state index in [0.717, 1.165) is 43.8 Å². The minimum Gasteiger partial charge on any atom is -0.497 e. The number of carbonyl (C=O) groups excluding carboxylic acids is 1. The third kappa shape index (κ3) is 7.37. The summed E-state index contributed by atoms with van der Waals surface area (Å²) in [5.74, 6) is 1.03. The molecular weight excluding hydrogens is 396 g/mol. The quantitative estimate of drug-likeness (QED) is 0.550. The van der Waals surface area contributed by atoms with Crippen molar-refractivity contribution in [2.75, 3.05) is 26.7 Å². The van der Waals surface area contributed by atoms with E-state index >= 15 is 0 Å². The van der Waals surface area contributed by atoms with E-state index in [1.165, 1.54) is 17.5 Å². The zero-order valence-electron chi connectivity index (χ0n) is 20.6. The third-order valence-electron chi connectivity index (χ3n) is 6.48. The Morgan fingerprint density at radius 1 is 1.00 bits per heavy atom. The van der Waals surface area contributed by atoms with E-state index in [2.05, 4.69) is 61.8 Å². The van der Waals surface area contributed by atoms with E-state index in [1.54, 1.807) is 7.11 Å². The van der Waals surface area contributed by atoms with Gasteiger partial charge >= 0.3 is 0 Å². The molecule has 0 aliphatic carbocycles. The normalized spacial score (nSPS) is 15.5. The van der Waals surface area contributed by atoms with Crippen LogP contribution >= 0.6 is 0 Å². The maximum atomic E-state index is 13.5.